The van der Waals surface area contributed by atoms with Crippen LogP contribution in [0.3, 0.4) is 0 Å². The molecule has 3 aromatic rings. The van der Waals surface area contributed by atoms with Crippen LogP contribution in [0.1, 0.15) is 30.1 Å². The summed E-state index contributed by atoms with van der Waals surface area (Å²) in [6.45, 7) is 7.35. The summed E-state index contributed by atoms with van der Waals surface area (Å²) in [5.41, 5.74) is 1.46. The van der Waals surface area contributed by atoms with E-state index in [2.05, 4.69) is 11.8 Å². The monoisotopic (exact) mass is 509 g/mol. The van der Waals surface area contributed by atoms with Gasteiger partial charge in [0.15, 0.2) is 5.13 Å². The first-order chi connectivity index (χ1) is 15.6. The average molecular weight is 510 g/mol. The summed E-state index contributed by atoms with van der Waals surface area (Å²) >= 11 is 7.64. The van der Waals surface area contributed by atoms with Gasteiger partial charge >= 0.3 is 0 Å². The van der Waals surface area contributed by atoms with Gasteiger partial charge in [-0.1, -0.05) is 36.3 Å². The average Bonchev–Trinajstić information content (AvgIpc) is 3.23. The quantitative estimate of drug-likeness (QED) is 0.355. The normalized spacial score (nSPS) is 14.1. The van der Waals surface area contributed by atoms with Crippen LogP contribution in [0.15, 0.2) is 42.5 Å². The van der Waals surface area contributed by atoms with Gasteiger partial charge in [-0.05, 0) is 48.9 Å². The maximum atomic E-state index is 13.5. The molecule has 2 heterocycles. The second kappa shape index (κ2) is 12.5. The summed E-state index contributed by atoms with van der Waals surface area (Å²) in [5, 5.41) is 1.35. The number of morpholine rings is 1. The van der Waals surface area contributed by atoms with E-state index >= 15 is 0 Å². The van der Waals surface area contributed by atoms with Gasteiger partial charge in [0.05, 0.1) is 30.0 Å². The molecule has 6 nitrogen and oxygen atoms in total. The highest BCUT2D eigenvalue weighted by Crippen LogP contribution is 2.31. The molecule has 33 heavy (non-hydrogen) atoms. The Kier molecular flexibility index (Phi) is 9.77. The molecule has 1 saturated heterocycles. The van der Waals surface area contributed by atoms with Gasteiger partial charge in [-0.15, -0.1) is 12.4 Å². The first-order valence-corrected chi connectivity index (χ1v) is 12.2. The molecule has 0 bridgehead atoms. The van der Waals surface area contributed by atoms with Crippen molar-refractivity contribution in [1.82, 2.24) is 9.88 Å². The van der Waals surface area contributed by atoms with Crippen LogP contribution < -0.4 is 9.64 Å². The minimum absolute atomic E-state index is 0. The van der Waals surface area contributed by atoms with Crippen molar-refractivity contribution in [2.75, 3.05) is 50.9 Å². The molecule has 0 spiro atoms. The molecule has 0 radical (unpaired) electrons. The van der Waals surface area contributed by atoms with Crippen molar-refractivity contribution in [2.24, 2.45) is 0 Å². The standard InChI is InChI=1S/C24H28ClN3O3S.ClH/c1-2-3-14-31-20-7-4-18(5-8-20)23(29)28(11-10-27-12-15-30-16-13-27)24-26-21-9-6-19(25)17-22(21)32-24;/h4-9,17H,2-3,10-16H2,1H3;1H. The molecule has 0 atom stereocenters. The predicted octanol–water partition coefficient (Wildman–Crippen LogP) is 5.53. The molecule has 0 unspecified atom stereocenters. The Morgan fingerprint density at radius 1 is 1.21 bits per heavy atom. The van der Waals surface area contributed by atoms with Gasteiger partial charge in [0.25, 0.3) is 5.91 Å². The highest BCUT2D eigenvalue weighted by Gasteiger charge is 2.23. The topological polar surface area (TPSA) is 54.9 Å². The number of hydrogen-bond donors (Lipinski definition) is 0. The highest BCUT2D eigenvalue weighted by atomic mass is 35.5. The van der Waals surface area contributed by atoms with Crippen molar-refractivity contribution in [3.05, 3.63) is 53.1 Å². The predicted molar refractivity (Wildman–Crippen MR) is 138 cm³/mol. The van der Waals surface area contributed by atoms with E-state index in [0.29, 0.717) is 28.9 Å². The number of thiazole rings is 1. The molecule has 9 heteroatoms. The first-order valence-electron chi connectivity index (χ1n) is 11.0. The van der Waals surface area contributed by atoms with Crippen LogP contribution in [0.4, 0.5) is 5.13 Å². The Balaban J connectivity index is 0.00000306. The number of ether oxygens (including phenoxy) is 2. The van der Waals surface area contributed by atoms with Gasteiger partial charge in [-0.2, -0.15) is 0 Å². The fourth-order valence-corrected chi connectivity index (χ4v) is 4.80. The van der Waals surface area contributed by atoms with E-state index in [9.17, 15) is 4.79 Å². The van der Waals surface area contributed by atoms with Crippen molar-refractivity contribution >= 4 is 56.6 Å². The van der Waals surface area contributed by atoms with Gasteiger partial charge in [-0.3, -0.25) is 14.6 Å². The number of benzene rings is 2. The lowest BCUT2D eigenvalue weighted by Crippen LogP contribution is -2.43. The fraction of sp³-hybridized carbons (Fsp3) is 0.417. The van der Waals surface area contributed by atoms with E-state index in [0.717, 1.165) is 61.7 Å². The first kappa shape index (κ1) is 25.7. The molecule has 1 aromatic heterocycles. The minimum atomic E-state index is -0.0662. The summed E-state index contributed by atoms with van der Waals surface area (Å²) < 4.78 is 12.2. The molecule has 1 fully saturated rings. The lowest BCUT2D eigenvalue weighted by molar-refractivity contribution is 0.0391. The summed E-state index contributed by atoms with van der Waals surface area (Å²) in [4.78, 5) is 22.3. The second-order valence-electron chi connectivity index (χ2n) is 7.75. The molecular formula is C24H29Cl2N3O3S. The Morgan fingerprint density at radius 2 is 1.97 bits per heavy atom. The number of hydrogen-bond acceptors (Lipinski definition) is 6. The van der Waals surface area contributed by atoms with Gasteiger partial charge in [0.1, 0.15) is 5.75 Å². The fourth-order valence-electron chi connectivity index (χ4n) is 3.54. The number of amides is 1. The zero-order valence-electron chi connectivity index (χ0n) is 18.7. The second-order valence-corrected chi connectivity index (χ2v) is 9.19. The molecule has 1 aliphatic rings. The van der Waals surface area contributed by atoms with Crippen molar-refractivity contribution in [3.63, 3.8) is 0 Å². The molecule has 0 saturated carbocycles. The minimum Gasteiger partial charge on any atom is -0.494 e. The molecule has 1 amide bonds. The Morgan fingerprint density at radius 3 is 2.70 bits per heavy atom. The lowest BCUT2D eigenvalue weighted by Gasteiger charge is -2.29. The van der Waals surface area contributed by atoms with Crippen molar-refractivity contribution in [2.45, 2.75) is 19.8 Å². The number of fused-ring (bicyclic) bond motifs is 1. The Bertz CT molecular complexity index is 1040. The number of aromatic nitrogens is 1. The Labute approximate surface area is 209 Å². The molecule has 1 aliphatic heterocycles. The number of unbranched alkanes of at least 4 members (excludes halogenated alkanes) is 1. The number of anilines is 1. The number of carbonyl (C=O) groups is 1. The van der Waals surface area contributed by atoms with Gasteiger partial charge in [-0.25, -0.2) is 4.98 Å². The van der Waals surface area contributed by atoms with Gasteiger partial charge < -0.3 is 9.47 Å². The van der Waals surface area contributed by atoms with E-state index < -0.39 is 0 Å². The third-order valence-electron chi connectivity index (χ3n) is 5.43. The highest BCUT2D eigenvalue weighted by molar-refractivity contribution is 7.22. The summed E-state index contributed by atoms with van der Waals surface area (Å²) in [7, 11) is 0. The zero-order valence-corrected chi connectivity index (χ0v) is 21.1. The van der Waals surface area contributed by atoms with Crippen LogP contribution in [-0.4, -0.2) is 61.8 Å². The van der Waals surface area contributed by atoms with Crippen LogP contribution in [0, 0.1) is 0 Å². The molecule has 0 aliphatic carbocycles. The number of halogens is 2. The smallest absolute Gasteiger partial charge is 0.260 e. The van der Waals surface area contributed by atoms with Crippen molar-refractivity contribution in [3.8, 4) is 5.75 Å². The van der Waals surface area contributed by atoms with Gasteiger partial charge in [0, 0.05) is 36.8 Å². The Hall–Kier alpha value is -1.90. The van der Waals surface area contributed by atoms with E-state index in [1.807, 2.05) is 42.5 Å². The van der Waals surface area contributed by atoms with Crippen LogP contribution in [0.5, 0.6) is 5.75 Å². The van der Waals surface area contributed by atoms with Crippen LogP contribution in [0.25, 0.3) is 10.2 Å². The number of carbonyl (C=O) groups excluding carboxylic acids is 1. The van der Waals surface area contributed by atoms with E-state index in [1.165, 1.54) is 11.3 Å². The maximum Gasteiger partial charge on any atom is 0.260 e. The van der Waals surface area contributed by atoms with Crippen molar-refractivity contribution in [1.29, 1.82) is 0 Å². The molecule has 4 rings (SSSR count). The zero-order chi connectivity index (χ0) is 22.3. The van der Waals surface area contributed by atoms with Crippen LogP contribution >= 0.6 is 35.3 Å². The molecular weight excluding hydrogens is 481 g/mol. The van der Waals surface area contributed by atoms with Gasteiger partial charge in [0.2, 0.25) is 0 Å². The SMILES string of the molecule is CCCCOc1ccc(C(=O)N(CCN2CCOCC2)c2nc3ccc(Cl)cc3s2)cc1.Cl. The number of rotatable bonds is 9. The van der Waals surface area contributed by atoms with E-state index in [1.54, 1.807) is 4.90 Å². The lowest BCUT2D eigenvalue weighted by atomic mass is 10.2. The summed E-state index contributed by atoms with van der Waals surface area (Å²) in [5.74, 6) is 0.716. The maximum absolute atomic E-state index is 13.5. The third kappa shape index (κ3) is 6.80. The van der Waals surface area contributed by atoms with E-state index in [4.69, 9.17) is 26.1 Å². The van der Waals surface area contributed by atoms with Crippen LogP contribution in [0.2, 0.25) is 5.02 Å². The van der Waals surface area contributed by atoms with Crippen molar-refractivity contribution < 1.29 is 14.3 Å². The van der Waals surface area contributed by atoms with Crippen LogP contribution in [-0.2, 0) is 4.74 Å². The summed E-state index contributed by atoms with van der Waals surface area (Å²) in [6, 6.07) is 13.0. The molecule has 178 valence electrons. The summed E-state index contributed by atoms with van der Waals surface area (Å²) in [6.07, 6.45) is 2.10. The number of nitrogens with zero attached hydrogens (tertiary/aromatic N) is 3. The van der Waals surface area contributed by atoms with E-state index in [-0.39, 0.29) is 18.3 Å². The molecule has 0 N–H and O–H groups in total. The molecule has 2 aromatic carbocycles. The largest absolute Gasteiger partial charge is 0.494 e. The third-order valence-corrected chi connectivity index (χ3v) is 6.70.